The SMILES string of the molecule is CC1=C(C(=O)Nc2ccccc2)C(c2ccccc2F)N=C(Nc2nc3ccccc3o2)N1. The third kappa shape index (κ3) is 4.18. The number of guanidine groups is 1. The topological polar surface area (TPSA) is 91.5 Å². The highest BCUT2D eigenvalue weighted by molar-refractivity contribution is 6.07. The van der Waals surface area contributed by atoms with Gasteiger partial charge in [-0.2, -0.15) is 4.98 Å². The van der Waals surface area contributed by atoms with Crippen LogP contribution in [0.1, 0.15) is 18.5 Å². The molecule has 0 radical (unpaired) electrons. The molecule has 1 aliphatic rings. The number of aliphatic imine (C=N–C) groups is 1. The van der Waals surface area contributed by atoms with Crippen LogP contribution in [0.15, 0.2) is 99.5 Å². The van der Waals surface area contributed by atoms with Crippen molar-refractivity contribution >= 4 is 34.7 Å². The van der Waals surface area contributed by atoms with Gasteiger partial charge in [-0.3, -0.25) is 10.1 Å². The van der Waals surface area contributed by atoms with Gasteiger partial charge in [-0.05, 0) is 37.3 Å². The Labute approximate surface area is 189 Å². The Balaban J connectivity index is 1.50. The van der Waals surface area contributed by atoms with Crippen LogP contribution in [0.3, 0.4) is 0 Å². The van der Waals surface area contributed by atoms with Crippen molar-refractivity contribution in [2.75, 3.05) is 10.6 Å². The van der Waals surface area contributed by atoms with Crippen molar-refractivity contribution < 1.29 is 13.6 Å². The molecule has 1 aromatic heterocycles. The van der Waals surface area contributed by atoms with Gasteiger partial charge in [0.2, 0.25) is 5.96 Å². The number of halogens is 1. The first-order valence-electron chi connectivity index (χ1n) is 10.4. The lowest BCUT2D eigenvalue weighted by Gasteiger charge is -2.26. The molecule has 1 aliphatic heterocycles. The van der Waals surface area contributed by atoms with E-state index >= 15 is 0 Å². The fourth-order valence-electron chi connectivity index (χ4n) is 3.70. The minimum atomic E-state index is -0.872. The zero-order valence-corrected chi connectivity index (χ0v) is 17.7. The first-order chi connectivity index (χ1) is 16.1. The van der Waals surface area contributed by atoms with Crippen LogP contribution in [0, 0.1) is 5.82 Å². The summed E-state index contributed by atoms with van der Waals surface area (Å²) in [6.45, 7) is 1.75. The molecule has 0 bridgehead atoms. The highest BCUT2D eigenvalue weighted by atomic mass is 19.1. The Morgan fingerprint density at radius 3 is 2.52 bits per heavy atom. The van der Waals surface area contributed by atoms with E-state index in [1.807, 2.05) is 42.5 Å². The molecule has 8 heteroatoms. The molecule has 0 aliphatic carbocycles. The molecular weight excluding hydrogens is 421 g/mol. The third-order valence-corrected chi connectivity index (χ3v) is 5.24. The smallest absolute Gasteiger partial charge is 0.302 e. The summed E-state index contributed by atoms with van der Waals surface area (Å²) in [6, 6.07) is 22.1. The molecule has 4 aromatic rings. The average molecular weight is 441 g/mol. The van der Waals surface area contributed by atoms with E-state index in [-0.39, 0.29) is 17.5 Å². The predicted molar refractivity (Wildman–Crippen MR) is 125 cm³/mol. The number of nitrogens with zero attached hydrogens (tertiary/aromatic N) is 2. The number of aromatic nitrogens is 1. The van der Waals surface area contributed by atoms with Gasteiger partial charge >= 0.3 is 6.01 Å². The van der Waals surface area contributed by atoms with Gasteiger partial charge in [0.1, 0.15) is 17.4 Å². The van der Waals surface area contributed by atoms with Crippen LogP contribution >= 0.6 is 0 Å². The quantitative estimate of drug-likeness (QED) is 0.415. The van der Waals surface area contributed by atoms with Gasteiger partial charge in [-0.25, -0.2) is 9.38 Å². The minimum Gasteiger partial charge on any atom is -0.423 e. The van der Waals surface area contributed by atoms with E-state index in [0.717, 1.165) is 0 Å². The molecule has 164 valence electrons. The van der Waals surface area contributed by atoms with Gasteiger partial charge in [0.15, 0.2) is 5.58 Å². The number of hydrogen-bond donors (Lipinski definition) is 3. The minimum absolute atomic E-state index is 0.236. The molecule has 2 heterocycles. The Kier molecular flexibility index (Phi) is 5.32. The maximum absolute atomic E-state index is 14.8. The highest BCUT2D eigenvalue weighted by Crippen LogP contribution is 2.33. The summed E-state index contributed by atoms with van der Waals surface area (Å²) in [5.41, 5.74) is 3.08. The van der Waals surface area contributed by atoms with Crippen molar-refractivity contribution in [3.63, 3.8) is 0 Å². The van der Waals surface area contributed by atoms with E-state index in [1.165, 1.54) is 6.07 Å². The van der Waals surface area contributed by atoms with E-state index in [0.29, 0.717) is 34.0 Å². The monoisotopic (exact) mass is 441 g/mol. The molecular formula is C25H20FN5O2. The van der Waals surface area contributed by atoms with Crippen molar-refractivity contribution in [2.24, 2.45) is 4.99 Å². The zero-order valence-electron chi connectivity index (χ0n) is 17.7. The summed E-state index contributed by atoms with van der Waals surface area (Å²) in [4.78, 5) is 22.2. The number of fused-ring (bicyclic) bond motifs is 1. The van der Waals surface area contributed by atoms with Crippen LogP contribution in [-0.2, 0) is 4.79 Å². The van der Waals surface area contributed by atoms with Crippen LogP contribution in [0.4, 0.5) is 16.1 Å². The summed E-state index contributed by atoms with van der Waals surface area (Å²) in [5.74, 6) is -0.528. The molecule has 1 unspecified atom stereocenters. The predicted octanol–water partition coefficient (Wildman–Crippen LogP) is 4.99. The molecule has 0 fully saturated rings. The van der Waals surface area contributed by atoms with Crippen LogP contribution in [0.2, 0.25) is 0 Å². The number of allylic oxidation sites excluding steroid dienone is 1. The van der Waals surface area contributed by atoms with Crippen LogP contribution < -0.4 is 16.0 Å². The van der Waals surface area contributed by atoms with Gasteiger partial charge in [-0.15, -0.1) is 0 Å². The van der Waals surface area contributed by atoms with Gasteiger partial charge in [-0.1, -0.05) is 48.5 Å². The second-order valence-corrected chi connectivity index (χ2v) is 7.50. The molecule has 7 nitrogen and oxygen atoms in total. The fraction of sp³-hybridized carbons (Fsp3) is 0.0800. The molecule has 5 rings (SSSR count). The van der Waals surface area contributed by atoms with Crippen molar-refractivity contribution in [3.05, 3.63) is 102 Å². The standard InChI is InChI=1S/C25H20FN5O2/c1-15-21(23(32)28-16-9-3-2-4-10-16)22(17-11-5-6-12-18(17)26)30-24(27-15)31-25-29-19-13-7-8-14-20(19)33-25/h2-14,22H,1H3,(H,28,32)(H2,27,29,30,31). The van der Waals surface area contributed by atoms with Gasteiger partial charge in [0.25, 0.3) is 5.91 Å². The molecule has 33 heavy (non-hydrogen) atoms. The number of carbonyl (C=O) groups excluding carboxylic acids is 1. The van der Waals surface area contributed by atoms with Crippen LogP contribution in [0.5, 0.6) is 0 Å². The number of carbonyl (C=O) groups is 1. The van der Waals surface area contributed by atoms with Crippen LogP contribution in [-0.4, -0.2) is 16.9 Å². The summed E-state index contributed by atoms with van der Waals surface area (Å²) < 4.78 is 20.5. The zero-order chi connectivity index (χ0) is 22.8. The van der Waals surface area contributed by atoms with Crippen molar-refractivity contribution in [1.29, 1.82) is 0 Å². The van der Waals surface area contributed by atoms with E-state index in [1.54, 1.807) is 37.3 Å². The van der Waals surface area contributed by atoms with Crippen LogP contribution in [0.25, 0.3) is 11.1 Å². The molecule has 3 aromatic carbocycles. The summed E-state index contributed by atoms with van der Waals surface area (Å²) in [7, 11) is 0. The number of benzene rings is 3. The summed E-state index contributed by atoms with van der Waals surface area (Å²) in [6.07, 6.45) is 0. The molecule has 0 spiro atoms. The first kappa shape index (κ1) is 20.4. The van der Waals surface area contributed by atoms with Crippen molar-refractivity contribution in [3.8, 4) is 0 Å². The van der Waals surface area contributed by atoms with Crippen molar-refractivity contribution in [2.45, 2.75) is 13.0 Å². The molecule has 0 saturated carbocycles. The van der Waals surface area contributed by atoms with Gasteiger partial charge in [0.05, 0.1) is 5.57 Å². The Morgan fingerprint density at radius 2 is 1.73 bits per heavy atom. The second kappa shape index (κ2) is 8.58. The summed E-state index contributed by atoms with van der Waals surface area (Å²) >= 11 is 0. The number of hydrogen-bond acceptors (Lipinski definition) is 6. The third-order valence-electron chi connectivity index (χ3n) is 5.24. The number of para-hydroxylation sites is 3. The highest BCUT2D eigenvalue weighted by Gasteiger charge is 2.31. The number of oxazole rings is 1. The van der Waals surface area contributed by atoms with Gasteiger partial charge < -0.3 is 15.1 Å². The Morgan fingerprint density at radius 1 is 1.00 bits per heavy atom. The molecule has 1 amide bonds. The Bertz CT molecular complexity index is 1360. The largest absolute Gasteiger partial charge is 0.423 e. The number of anilines is 2. The first-order valence-corrected chi connectivity index (χ1v) is 10.4. The lowest BCUT2D eigenvalue weighted by molar-refractivity contribution is -0.113. The average Bonchev–Trinajstić information content (AvgIpc) is 3.22. The molecule has 3 N–H and O–H groups in total. The van der Waals surface area contributed by atoms with Gasteiger partial charge in [0, 0.05) is 16.9 Å². The fourth-order valence-corrected chi connectivity index (χ4v) is 3.70. The maximum Gasteiger partial charge on any atom is 0.302 e. The van der Waals surface area contributed by atoms with E-state index in [2.05, 4.69) is 25.9 Å². The number of nitrogens with one attached hydrogen (secondary N) is 3. The van der Waals surface area contributed by atoms with E-state index < -0.39 is 11.9 Å². The summed E-state index contributed by atoms with van der Waals surface area (Å²) in [5, 5.41) is 8.95. The van der Waals surface area contributed by atoms with E-state index in [4.69, 9.17) is 4.42 Å². The normalized spacial score (nSPS) is 15.7. The molecule has 1 atom stereocenters. The second-order valence-electron chi connectivity index (χ2n) is 7.50. The number of amides is 1. The number of rotatable bonds is 4. The lowest BCUT2D eigenvalue weighted by atomic mass is 9.95. The molecule has 0 saturated heterocycles. The lowest BCUT2D eigenvalue weighted by Crippen LogP contribution is -2.37. The van der Waals surface area contributed by atoms with E-state index in [9.17, 15) is 9.18 Å². The maximum atomic E-state index is 14.8. The Hall–Kier alpha value is -4.46. The van der Waals surface area contributed by atoms with Crippen molar-refractivity contribution in [1.82, 2.24) is 10.3 Å².